The molecular formula is C20H25NO3. The Hall–Kier alpha value is -2.49. The molecule has 0 aliphatic rings. The maximum atomic E-state index is 12.6. The highest BCUT2D eigenvalue weighted by molar-refractivity contribution is 5.81. The molecule has 4 nitrogen and oxygen atoms in total. The molecule has 0 saturated carbocycles. The van der Waals surface area contributed by atoms with Crippen molar-refractivity contribution in [2.45, 2.75) is 38.8 Å². The van der Waals surface area contributed by atoms with Crippen LogP contribution in [-0.4, -0.2) is 19.1 Å². The van der Waals surface area contributed by atoms with Gasteiger partial charge < -0.3 is 14.8 Å². The number of carbonyl (C=O) groups is 1. The predicted octanol–water partition coefficient (Wildman–Crippen LogP) is 4.12. The molecule has 2 aromatic carbocycles. The molecule has 4 heteroatoms. The van der Waals surface area contributed by atoms with Crippen molar-refractivity contribution in [2.75, 3.05) is 7.11 Å². The highest BCUT2D eigenvalue weighted by atomic mass is 16.5. The van der Waals surface area contributed by atoms with Gasteiger partial charge in [-0.1, -0.05) is 44.2 Å². The van der Waals surface area contributed by atoms with Crippen molar-refractivity contribution in [1.82, 2.24) is 5.32 Å². The van der Waals surface area contributed by atoms with Crippen LogP contribution >= 0.6 is 0 Å². The average Bonchev–Trinajstić information content (AvgIpc) is 2.65. The number of methoxy groups -OCH3 is 1. The lowest BCUT2D eigenvalue weighted by Crippen LogP contribution is -2.39. The van der Waals surface area contributed by atoms with Crippen molar-refractivity contribution < 1.29 is 14.3 Å². The third-order valence-electron chi connectivity index (χ3n) is 3.93. The van der Waals surface area contributed by atoms with Gasteiger partial charge in [-0.15, -0.1) is 0 Å². The van der Waals surface area contributed by atoms with Crippen LogP contribution < -0.4 is 14.8 Å². The fourth-order valence-electron chi connectivity index (χ4n) is 2.51. The standard InChI is InChI=1S/C20H25NO3/c1-4-18(15-11-13-16(23-3)14-12-15)21-20(22)19(5-2)24-17-9-7-6-8-10-17/h6-14,18-19H,4-5H2,1-3H3,(H,21,22). The lowest BCUT2D eigenvalue weighted by Gasteiger charge is -2.22. The van der Waals surface area contributed by atoms with Gasteiger partial charge in [0.2, 0.25) is 0 Å². The molecule has 2 unspecified atom stereocenters. The van der Waals surface area contributed by atoms with Gasteiger partial charge in [0, 0.05) is 0 Å². The van der Waals surface area contributed by atoms with Crippen LogP contribution in [-0.2, 0) is 4.79 Å². The summed E-state index contributed by atoms with van der Waals surface area (Å²) >= 11 is 0. The van der Waals surface area contributed by atoms with E-state index in [1.54, 1.807) is 7.11 Å². The minimum Gasteiger partial charge on any atom is -0.497 e. The highest BCUT2D eigenvalue weighted by Crippen LogP contribution is 2.21. The summed E-state index contributed by atoms with van der Waals surface area (Å²) in [7, 11) is 1.64. The van der Waals surface area contributed by atoms with E-state index in [1.807, 2.05) is 68.4 Å². The number of hydrogen-bond acceptors (Lipinski definition) is 3. The number of hydrogen-bond donors (Lipinski definition) is 1. The minimum atomic E-state index is -0.500. The maximum Gasteiger partial charge on any atom is 0.261 e. The minimum absolute atomic E-state index is 0.0446. The van der Waals surface area contributed by atoms with E-state index in [9.17, 15) is 4.79 Å². The van der Waals surface area contributed by atoms with Crippen molar-refractivity contribution in [3.05, 3.63) is 60.2 Å². The highest BCUT2D eigenvalue weighted by Gasteiger charge is 2.21. The number of ether oxygens (including phenoxy) is 2. The van der Waals surface area contributed by atoms with Crippen molar-refractivity contribution in [3.63, 3.8) is 0 Å². The van der Waals surface area contributed by atoms with Gasteiger partial charge >= 0.3 is 0 Å². The molecule has 0 radical (unpaired) electrons. The molecule has 1 amide bonds. The number of amides is 1. The second-order valence-corrected chi connectivity index (χ2v) is 5.57. The Labute approximate surface area is 143 Å². The van der Waals surface area contributed by atoms with Gasteiger partial charge in [0.25, 0.3) is 5.91 Å². The Morgan fingerprint density at radius 2 is 1.62 bits per heavy atom. The van der Waals surface area contributed by atoms with E-state index in [2.05, 4.69) is 5.32 Å². The molecule has 128 valence electrons. The van der Waals surface area contributed by atoms with E-state index >= 15 is 0 Å². The maximum absolute atomic E-state index is 12.6. The monoisotopic (exact) mass is 327 g/mol. The van der Waals surface area contributed by atoms with E-state index < -0.39 is 6.10 Å². The van der Waals surface area contributed by atoms with Crippen LogP contribution in [0.5, 0.6) is 11.5 Å². The Balaban J connectivity index is 2.03. The second kappa shape index (κ2) is 8.96. The van der Waals surface area contributed by atoms with Crippen LogP contribution in [0.25, 0.3) is 0 Å². The molecular weight excluding hydrogens is 302 g/mol. The number of rotatable bonds is 8. The largest absolute Gasteiger partial charge is 0.497 e. The molecule has 0 aromatic heterocycles. The number of carbonyl (C=O) groups excluding carboxylic acids is 1. The topological polar surface area (TPSA) is 47.6 Å². The lowest BCUT2D eigenvalue weighted by atomic mass is 10.0. The Morgan fingerprint density at radius 3 is 2.17 bits per heavy atom. The molecule has 0 spiro atoms. The van der Waals surface area contributed by atoms with Crippen LogP contribution in [0.15, 0.2) is 54.6 Å². The fourth-order valence-corrected chi connectivity index (χ4v) is 2.51. The summed E-state index contributed by atoms with van der Waals surface area (Å²) in [5.74, 6) is 1.42. The molecule has 2 atom stereocenters. The summed E-state index contributed by atoms with van der Waals surface area (Å²) in [6, 6.07) is 17.1. The molecule has 0 saturated heterocycles. The zero-order chi connectivity index (χ0) is 17.4. The molecule has 0 heterocycles. The summed E-state index contributed by atoms with van der Waals surface area (Å²) in [5, 5.41) is 3.09. The third-order valence-corrected chi connectivity index (χ3v) is 3.93. The predicted molar refractivity (Wildman–Crippen MR) is 95.3 cm³/mol. The number of para-hydroxylation sites is 1. The Morgan fingerprint density at radius 1 is 0.958 bits per heavy atom. The van der Waals surface area contributed by atoms with Crippen LogP contribution in [0.2, 0.25) is 0 Å². The molecule has 0 fully saturated rings. The van der Waals surface area contributed by atoms with E-state index in [4.69, 9.17) is 9.47 Å². The SMILES string of the molecule is CCC(Oc1ccccc1)C(=O)NC(CC)c1ccc(OC)cc1. The van der Waals surface area contributed by atoms with Gasteiger partial charge in [0.05, 0.1) is 13.2 Å². The molecule has 0 aliphatic carbocycles. The van der Waals surface area contributed by atoms with E-state index in [0.717, 1.165) is 17.7 Å². The van der Waals surface area contributed by atoms with Gasteiger partial charge in [-0.2, -0.15) is 0 Å². The first-order valence-corrected chi connectivity index (χ1v) is 8.34. The third kappa shape index (κ3) is 4.75. The molecule has 2 aromatic rings. The summed E-state index contributed by atoms with van der Waals surface area (Å²) in [5.41, 5.74) is 1.06. The van der Waals surface area contributed by atoms with Gasteiger partial charge in [-0.25, -0.2) is 0 Å². The number of nitrogens with one attached hydrogen (secondary N) is 1. The first-order valence-electron chi connectivity index (χ1n) is 8.34. The average molecular weight is 327 g/mol. The van der Waals surface area contributed by atoms with Gasteiger partial charge in [0.15, 0.2) is 6.10 Å². The van der Waals surface area contributed by atoms with Crippen LogP contribution in [0, 0.1) is 0 Å². The zero-order valence-electron chi connectivity index (χ0n) is 14.5. The van der Waals surface area contributed by atoms with Crippen molar-refractivity contribution in [3.8, 4) is 11.5 Å². The number of benzene rings is 2. The molecule has 0 aliphatic heterocycles. The first-order chi connectivity index (χ1) is 11.7. The van der Waals surface area contributed by atoms with Crippen molar-refractivity contribution >= 4 is 5.91 Å². The van der Waals surface area contributed by atoms with Crippen LogP contribution in [0.1, 0.15) is 38.3 Å². The normalized spacial score (nSPS) is 13.0. The molecule has 0 bridgehead atoms. The quantitative estimate of drug-likeness (QED) is 0.793. The first kappa shape index (κ1) is 17.9. The van der Waals surface area contributed by atoms with Gasteiger partial charge in [0.1, 0.15) is 11.5 Å². The summed E-state index contributed by atoms with van der Waals surface area (Å²) < 4.78 is 11.0. The van der Waals surface area contributed by atoms with Crippen LogP contribution in [0.4, 0.5) is 0 Å². The Kier molecular flexibility index (Phi) is 6.67. The zero-order valence-corrected chi connectivity index (χ0v) is 14.5. The van der Waals surface area contributed by atoms with Crippen LogP contribution in [0.3, 0.4) is 0 Å². The van der Waals surface area contributed by atoms with Crippen molar-refractivity contribution in [1.29, 1.82) is 0 Å². The van der Waals surface area contributed by atoms with E-state index in [0.29, 0.717) is 12.2 Å². The smallest absolute Gasteiger partial charge is 0.261 e. The molecule has 2 rings (SSSR count). The van der Waals surface area contributed by atoms with Crippen molar-refractivity contribution in [2.24, 2.45) is 0 Å². The lowest BCUT2D eigenvalue weighted by molar-refractivity contribution is -0.128. The molecule has 24 heavy (non-hydrogen) atoms. The summed E-state index contributed by atoms with van der Waals surface area (Å²) in [4.78, 5) is 12.6. The second-order valence-electron chi connectivity index (χ2n) is 5.57. The molecule has 1 N–H and O–H groups in total. The summed E-state index contributed by atoms with van der Waals surface area (Å²) in [6.07, 6.45) is 0.916. The van der Waals surface area contributed by atoms with E-state index in [-0.39, 0.29) is 11.9 Å². The Bertz CT molecular complexity index is 625. The summed E-state index contributed by atoms with van der Waals surface area (Å²) in [6.45, 7) is 4.00. The van der Waals surface area contributed by atoms with Gasteiger partial charge in [-0.05, 0) is 42.7 Å². The van der Waals surface area contributed by atoms with E-state index in [1.165, 1.54) is 0 Å². The fraction of sp³-hybridized carbons (Fsp3) is 0.350. The van der Waals surface area contributed by atoms with Gasteiger partial charge in [-0.3, -0.25) is 4.79 Å².